The van der Waals surface area contributed by atoms with Crippen LogP contribution in [0.15, 0.2) is 53.4 Å². The summed E-state index contributed by atoms with van der Waals surface area (Å²) in [7, 11) is 1.79. The van der Waals surface area contributed by atoms with E-state index in [0.717, 1.165) is 22.7 Å². The molecule has 0 unspecified atom stereocenters. The standard InChI is InChI=1S/C24H30N2O2S/c1-18-9-8-12-20(15-18)26(2)24(28)21-13-6-7-14-22(21)29-17-23(27)25-16-19-10-4-3-5-11-19/h6-9,12-15,19H,3-5,10-11,16-17H2,1-2H3,(H,25,27). The van der Waals surface area contributed by atoms with Gasteiger partial charge in [0.15, 0.2) is 0 Å². The smallest absolute Gasteiger partial charge is 0.259 e. The third-order valence-electron chi connectivity index (χ3n) is 5.48. The van der Waals surface area contributed by atoms with Gasteiger partial charge in [0.05, 0.1) is 11.3 Å². The van der Waals surface area contributed by atoms with Crippen molar-refractivity contribution in [1.82, 2.24) is 5.32 Å². The van der Waals surface area contributed by atoms with Gasteiger partial charge in [0, 0.05) is 24.2 Å². The Morgan fingerprint density at radius 1 is 1.07 bits per heavy atom. The molecule has 0 aliphatic heterocycles. The zero-order valence-corrected chi connectivity index (χ0v) is 18.1. The van der Waals surface area contributed by atoms with Crippen LogP contribution < -0.4 is 10.2 Å². The number of rotatable bonds is 7. The highest BCUT2D eigenvalue weighted by Gasteiger charge is 2.18. The van der Waals surface area contributed by atoms with Crippen molar-refractivity contribution >= 4 is 29.3 Å². The van der Waals surface area contributed by atoms with E-state index in [0.29, 0.717) is 17.2 Å². The Balaban J connectivity index is 1.59. The van der Waals surface area contributed by atoms with Crippen LogP contribution in [0.4, 0.5) is 5.69 Å². The highest BCUT2D eigenvalue weighted by atomic mass is 32.2. The van der Waals surface area contributed by atoms with E-state index in [9.17, 15) is 9.59 Å². The van der Waals surface area contributed by atoms with Gasteiger partial charge in [-0.2, -0.15) is 0 Å². The molecule has 0 radical (unpaired) electrons. The molecule has 5 heteroatoms. The molecule has 0 atom stereocenters. The van der Waals surface area contributed by atoms with E-state index in [1.165, 1.54) is 43.9 Å². The summed E-state index contributed by atoms with van der Waals surface area (Å²) in [6.45, 7) is 2.79. The fourth-order valence-electron chi connectivity index (χ4n) is 3.75. The molecular weight excluding hydrogens is 380 g/mol. The van der Waals surface area contributed by atoms with Crippen LogP contribution in [-0.2, 0) is 4.79 Å². The first-order valence-corrected chi connectivity index (χ1v) is 11.4. The number of thioether (sulfide) groups is 1. The average molecular weight is 411 g/mol. The second-order valence-corrected chi connectivity index (χ2v) is 8.81. The molecule has 4 nitrogen and oxygen atoms in total. The molecule has 0 spiro atoms. The minimum Gasteiger partial charge on any atom is -0.355 e. The van der Waals surface area contributed by atoms with Crippen molar-refractivity contribution < 1.29 is 9.59 Å². The van der Waals surface area contributed by atoms with E-state index in [2.05, 4.69) is 5.32 Å². The topological polar surface area (TPSA) is 49.4 Å². The maximum atomic E-state index is 13.1. The number of nitrogens with zero attached hydrogens (tertiary/aromatic N) is 1. The van der Waals surface area contributed by atoms with Crippen molar-refractivity contribution in [3.05, 3.63) is 59.7 Å². The molecule has 1 N–H and O–H groups in total. The zero-order valence-electron chi connectivity index (χ0n) is 17.3. The average Bonchev–Trinajstić information content (AvgIpc) is 2.76. The maximum Gasteiger partial charge on any atom is 0.259 e. The van der Waals surface area contributed by atoms with Crippen molar-refractivity contribution in [3.63, 3.8) is 0 Å². The third-order valence-corrected chi connectivity index (χ3v) is 6.56. The van der Waals surface area contributed by atoms with E-state index in [1.807, 2.05) is 55.5 Å². The number of benzene rings is 2. The van der Waals surface area contributed by atoms with E-state index < -0.39 is 0 Å². The van der Waals surface area contributed by atoms with Crippen LogP contribution in [0, 0.1) is 12.8 Å². The van der Waals surface area contributed by atoms with Crippen LogP contribution in [0.2, 0.25) is 0 Å². The van der Waals surface area contributed by atoms with Crippen molar-refractivity contribution in [2.24, 2.45) is 5.92 Å². The number of aryl methyl sites for hydroxylation is 1. The predicted octanol–water partition coefficient (Wildman–Crippen LogP) is 5.06. The Hall–Kier alpha value is -2.27. The number of hydrogen-bond donors (Lipinski definition) is 1. The fraction of sp³-hybridized carbons (Fsp3) is 0.417. The minimum atomic E-state index is -0.0682. The summed E-state index contributed by atoms with van der Waals surface area (Å²) in [5, 5.41) is 3.07. The molecule has 29 heavy (non-hydrogen) atoms. The van der Waals surface area contributed by atoms with Gasteiger partial charge in [-0.05, 0) is 55.5 Å². The van der Waals surface area contributed by atoms with Gasteiger partial charge in [-0.25, -0.2) is 0 Å². The molecule has 0 aromatic heterocycles. The normalized spacial score (nSPS) is 14.4. The highest BCUT2D eigenvalue weighted by Crippen LogP contribution is 2.26. The molecule has 2 aromatic carbocycles. The first-order valence-electron chi connectivity index (χ1n) is 10.4. The summed E-state index contributed by atoms with van der Waals surface area (Å²) in [4.78, 5) is 27.9. The summed E-state index contributed by atoms with van der Waals surface area (Å²) in [6.07, 6.45) is 6.31. The van der Waals surface area contributed by atoms with Gasteiger partial charge in [-0.3, -0.25) is 9.59 Å². The number of carbonyl (C=O) groups is 2. The summed E-state index contributed by atoms with van der Waals surface area (Å²) in [5.74, 6) is 0.913. The van der Waals surface area contributed by atoms with Gasteiger partial charge in [0.25, 0.3) is 5.91 Å². The van der Waals surface area contributed by atoms with Crippen LogP contribution >= 0.6 is 11.8 Å². The van der Waals surface area contributed by atoms with Gasteiger partial charge in [0.2, 0.25) is 5.91 Å². The number of anilines is 1. The van der Waals surface area contributed by atoms with Crippen LogP contribution in [0.5, 0.6) is 0 Å². The molecular formula is C24H30N2O2S. The van der Waals surface area contributed by atoms with Gasteiger partial charge < -0.3 is 10.2 Å². The first-order chi connectivity index (χ1) is 14.0. The van der Waals surface area contributed by atoms with Crippen LogP contribution in [0.25, 0.3) is 0 Å². The van der Waals surface area contributed by atoms with Gasteiger partial charge in [0.1, 0.15) is 0 Å². The number of hydrogen-bond acceptors (Lipinski definition) is 3. The molecule has 1 saturated carbocycles. The van der Waals surface area contributed by atoms with Crippen LogP contribution in [0.3, 0.4) is 0 Å². The quantitative estimate of drug-likeness (QED) is 0.649. The number of nitrogens with one attached hydrogen (secondary N) is 1. The van der Waals surface area contributed by atoms with E-state index >= 15 is 0 Å². The number of amides is 2. The van der Waals surface area contributed by atoms with E-state index in [1.54, 1.807) is 11.9 Å². The minimum absolute atomic E-state index is 0.0369. The Labute approximate surface area is 178 Å². The molecule has 2 aromatic rings. The Bertz CT molecular complexity index is 846. The molecule has 2 amide bonds. The summed E-state index contributed by atoms with van der Waals surface area (Å²) < 4.78 is 0. The van der Waals surface area contributed by atoms with Crippen LogP contribution in [0.1, 0.15) is 48.0 Å². The van der Waals surface area contributed by atoms with Crippen molar-refractivity contribution in [1.29, 1.82) is 0 Å². The SMILES string of the molecule is Cc1cccc(N(C)C(=O)c2ccccc2SCC(=O)NCC2CCCCC2)c1. The first kappa shape index (κ1) is 21.4. The zero-order chi connectivity index (χ0) is 20.6. The van der Waals surface area contributed by atoms with Gasteiger partial charge in [-0.15, -0.1) is 11.8 Å². The van der Waals surface area contributed by atoms with Crippen LogP contribution in [-0.4, -0.2) is 31.2 Å². The summed E-state index contributed by atoms with van der Waals surface area (Å²) >= 11 is 1.43. The Morgan fingerprint density at radius 3 is 2.59 bits per heavy atom. The van der Waals surface area contributed by atoms with Crippen molar-refractivity contribution in [2.75, 3.05) is 24.2 Å². The molecule has 3 rings (SSSR count). The Kier molecular flexibility index (Phi) is 7.76. The third kappa shape index (κ3) is 6.10. The molecule has 1 aliphatic carbocycles. The van der Waals surface area contributed by atoms with Gasteiger partial charge >= 0.3 is 0 Å². The summed E-state index contributed by atoms with van der Waals surface area (Å²) in [6, 6.07) is 15.4. The van der Waals surface area contributed by atoms with Gasteiger partial charge in [-0.1, -0.05) is 43.5 Å². The second-order valence-electron chi connectivity index (χ2n) is 7.80. The Morgan fingerprint density at radius 2 is 1.83 bits per heavy atom. The lowest BCUT2D eigenvalue weighted by Gasteiger charge is -2.21. The molecule has 0 heterocycles. The molecule has 154 valence electrons. The number of carbonyl (C=O) groups excluding carboxylic acids is 2. The largest absolute Gasteiger partial charge is 0.355 e. The molecule has 1 fully saturated rings. The molecule has 0 saturated heterocycles. The highest BCUT2D eigenvalue weighted by molar-refractivity contribution is 8.00. The van der Waals surface area contributed by atoms with Crippen molar-refractivity contribution in [3.8, 4) is 0 Å². The van der Waals surface area contributed by atoms with E-state index in [-0.39, 0.29) is 11.8 Å². The lowest BCUT2D eigenvalue weighted by atomic mass is 9.89. The maximum absolute atomic E-state index is 13.1. The van der Waals surface area contributed by atoms with Crippen molar-refractivity contribution in [2.45, 2.75) is 43.9 Å². The molecule has 0 bridgehead atoms. The lowest BCUT2D eigenvalue weighted by Crippen LogP contribution is -2.31. The lowest BCUT2D eigenvalue weighted by molar-refractivity contribution is -0.118. The molecule has 1 aliphatic rings. The fourth-order valence-corrected chi connectivity index (χ4v) is 4.62. The summed E-state index contributed by atoms with van der Waals surface area (Å²) in [5.41, 5.74) is 2.60. The second kappa shape index (κ2) is 10.5. The monoisotopic (exact) mass is 410 g/mol. The predicted molar refractivity (Wildman–Crippen MR) is 121 cm³/mol. The van der Waals surface area contributed by atoms with E-state index in [4.69, 9.17) is 0 Å².